The van der Waals surface area contributed by atoms with Crippen LogP contribution in [0.25, 0.3) is 0 Å². The van der Waals surface area contributed by atoms with Gasteiger partial charge in [0.1, 0.15) is 5.82 Å². The predicted octanol–water partition coefficient (Wildman–Crippen LogP) is 3.06. The number of hydrogen-bond donors (Lipinski definition) is 1. The molecule has 2 atom stereocenters. The molecule has 25 heavy (non-hydrogen) atoms. The highest BCUT2D eigenvalue weighted by Gasteiger charge is 2.54. The van der Waals surface area contributed by atoms with Crippen molar-refractivity contribution >= 4 is 5.91 Å². The number of nitrogens with zero attached hydrogens (tertiary/aromatic N) is 1. The van der Waals surface area contributed by atoms with Gasteiger partial charge in [-0.25, -0.2) is 4.39 Å². The third-order valence-corrected chi connectivity index (χ3v) is 5.80. The van der Waals surface area contributed by atoms with Gasteiger partial charge in [0.05, 0.1) is 5.41 Å². The maximum Gasteiger partial charge on any atom is 0.233 e. The van der Waals surface area contributed by atoms with Crippen LogP contribution in [0.5, 0.6) is 0 Å². The van der Waals surface area contributed by atoms with Gasteiger partial charge in [-0.15, -0.1) is 0 Å². The zero-order valence-corrected chi connectivity index (χ0v) is 14.2. The molecular formula is C21H23FN2O. The van der Waals surface area contributed by atoms with E-state index in [1.54, 1.807) is 6.07 Å². The average Bonchev–Trinajstić information content (AvgIpc) is 3.34. The van der Waals surface area contributed by atoms with Gasteiger partial charge in [0.2, 0.25) is 5.91 Å². The minimum atomic E-state index is -0.521. The van der Waals surface area contributed by atoms with Crippen LogP contribution in [-0.2, 0) is 10.2 Å². The lowest BCUT2D eigenvalue weighted by molar-refractivity contribution is -0.133. The first-order chi connectivity index (χ1) is 12.1. The monoisotopic (exact) mass is 338 g/mol. The van der Waals surface area contributed by atoms with Crippen LogP contribution in [0.3, 0.4) is 0 Å². The van der Waals surface area contributed by atoms with Crippen molar-refractivity contribution in [2.75, 3.05) is 19.6 Å². The number of carbonyl (C=O) groups is 1. The fourth-order valence-corrected chi connectivity index (χ4v) is 4.19. The van der Waals surface area contributed by atoms with Crippen LogP contribution in [0, 0.1) is 11.7 Å². The van der Waals surface area contributed by atoms with Gasteiger partial charge in [-0.2, -0.15) is 0 Å². The number of rotatable bonds is 4. The Morgan fingerprint density at radius 1 is 1.12 bits per heavy atom. The highest BCUT2D eigenvalue weighted by atomic mass is 19.1. The topological polar surface area (TPSA) is 46.3 Å². The van der Waals surface area contributed by atoms with Crippen molar-refractivity contribution in [1.82, 2.24) is 4.90 Å². The normalized spacial score (nSPS) is 24.3. The molecule has 130 valence electrons. The number of likely N-dealkylation sites (tertiary alicyclic amines) is 1. The zero-order valence-electron chi connectivity index (χ0n) is 14.2. The number of benzene rings is 2. The Morgan fingerprint density at radius 3 is 2.52 bits per heavy atom. The average molecular weight is 338 g/mol. The van der Waals surface area contributed by atoms with E-state index >= 15 is 0 Å². The van der Waals surface area contributed by atoms with Gasteiger partial charge in [0.25, 0.3) is 0 Å². The van der Waals surface area contributed by atoms with E-state index in [2.05, 4.69) is 12.1 Å². The van der Waals surface area contributed by atoms with E-state index in [1.807, 2.05) is 29.2 Å². The maximum atomic E-state index is 13.6. The highest BCUT2D eigenvalue weighted by molar-refractivity contribution is 5.91. The van der Waals surface area contributed by atoms with Crippen molar-refractivity contribution in [3.05, 3.63) is 71.5 Å². The summed E-state index contributed by atoms with van der Waals surface area (Å²) in [6, 6.07) is 16.8. The van der Waals surface area contributed by atoms with Crippen molar-refractivity contribution in [3.63, 3.8) is 0 Å². The first-order valence-corrected chi connectivity index (χ1v) is 8.94. The van der Waals surface area contributed by atoms with Crippen LogP contribution in [-0.4, -0.2) is 30.4 Å². The van der Waals surface area contributed by atoms with Gasteiger partial charge in [0.15, 0.2) is 0 Å². The van der Waals surface area contributed by atoms with E-state index in [1.165, 1.54) is 17.7 Å². The molecule has 0 bridgehead atoms. The Labute approximate surface area is 147 Å². The SMILES string of the molecule is NC[C@@H]1CN(C(=O)C2(c3cccc(F)c3)CC2)C[C@H]1c1ccccc1. The molecule has 3 nitrogen and oxygen atoms in total. The molecule has 2 N–H and O–H groups in total. The van der Waals surface area contributed by atoms with E-state index in [0.29, 0.717) is 19.6 Å². The third-order valence-electron chi connectivity index (χ3n) is 5.80. The molecule has 4 rings (SSSR count). The molecule has 0 spiro atoms. The van der Waals surface area contributed by atoms with Crippen molar-refractivity contribution in [3.8, 4) is 0 Å². The molecule has 1 heterocycles. The molecule has 0 radical (unpaired) electrons. The van der Waals surface area contributed by atoms with E-state index in [0.717, 1.165) is 18.4 Å². The fraction of sp³-hybridized carbons (Fsp3) is 0.381. The summed E-state index contributed by atoms with van der Waals surface area (Å²) in [4.78, 5) is 15.2. The van der Waals surface area contributed by atoms with Crippen LogP contribution >= 0.6 is 0 Å². The van der Waals surface area contributed by atoms with Crippen LogP contribution in [0.15, 0.2) is 54.6 Å². The Morgan fingerprint density at radius 2 is 1.88 bits per heavy atom. The molecule has 4 heteroatoms. The molecule has 2 aliphatic rings. The minimum Gasteiger partial charge on any atom is -0.341 e. The number of halogens is 1. The van der Waals surface area contributed by atoms with Gasteiger partial charge >= 0.3 is 0 Å². The van der Waals surface area contributed by atoms with E-state index in [4.69, 9.17) is 5.73 Å². The quantitative estimate of drug-likeness (QED) is 0.931. The number of nitrogens with two attached hydrogens (primary N) is 1. The summed E-state index contributed by atoms with van der Waals surface area (Å²) in [6.45, 7) is 1.95. The standard InChI is InChI=1S/C21H23FN2O/c22-18-8-4-7-17(11-18)21(9-10-21)20(25)24-13-16(12-23)19(14-24)15-5-2-1-3-6-15/h1-8,11,16,19H,9-10,12-14,23H2/t16-,19+/m1/s1. The second-order valence-corrected chi connectivity index (χ2v) is 7.32. The largest absolute Gasteiger partial charge is 0.341 e. The molecule has 1 aliphatic carbocycles. The lowest BCUT2D eigenvalue weighted by Crippen LogP contribution is -2.38. The van der Waals surface area contributed by atoms with Crippen LogP contribution in [0.4, 0.5) is 4.39 Å². The maximum absolute atomic E-state index is 13.6. The van der Waals surface area contributed by atoms with Gasteiger partial charge in [-0.3, -0.25) is 4.79 Å². The van der Waals surface area contributed by atoms with Crippen LogP contribution < -0.4 is 5.73 Å². The Bertz CT molecular complexity index is 772. The van der Waals surface area contributed by atoms with Gasteiger partial charge in [0, 0.05) is 19.0 Å². The van der Waals surface area contributed by atoms with Crippen molar-refractivity contribution < 1.29 is 9.18 Å². The summed E-state index contributed by atoms with van der Waals surface area (Å²) >= 11 is 0. The smallest absolute Gasteiger partial charge is 0.233 e. The summed E-state index contributed by atoms with van der Waals surface area (Å²) in [5.41, 5.74) is 7.52. The molecule has 2 aromatic rings. The van der Waals surface area contributed by atoms with Gasteiger partial charge in [-0.05, 0) is 48.6 Å². The second-order valence-electron chi connectivity index (χ2n) is 7.32. The molecule has 2 aromatic carbocycles. The van der Waals surface area contributed by atoms with Crippen LogP contribution in [0.2, 0.25) is 0 Å². The Hall–Kier alpha value is -2.20. The predicted molar refractivity (Wildman–Crippen MR) is 95.6 cm³/mol. The lowest BCUT2D eigenvalue weighted by Gasteiger charge is -2.24. The molecule has 1 aliphatic heterocycles. The summed E-state index contributed by atoms with van der Waals surface area (Å²) in [5, 5.41) is 0. The van der Waals surface area contributed by atoms with Crippen molar-refractivity contribution in [1.29, 1.82) is 0 Å². The molecule has 1 amide bonds. The molecule has 0 aromatic heterocycles. The first-order valence-electron chi connectivity index (χ1n) is 8.94. The third kappa shape index (κ3) is 2.85. The second kappa shape index (κ2) is 6.26. The molecule has 0 unspecified atom stereocenters. The Kier molecular flexibility index (Phi) is 4.08. The Balaban J connectivity index is 1.57. The molecule has 1 saturated heterocycles. The van der Waals surface area contributed by atoms with Crippen LogP contribution in [0.1, 0.15) is 29.9 Å². The lowest BCUT2D eigenvalue weighted by atomic mass is 9.89. The molecule has 2 fully saturated rings. The summed E-state index contributed by atoms with van der Waals surface area (Å²) in [6.07, 6.45) is 1.60. The summed E-state index contributed by atoms with van der Waals surface area (Å²) in [5.74, 6) is 0.406. The van der Waals surface area contributed by atoms with E-state index in [-0.39, 0.29) is 23.6 Å². The van der Waals surface area contributed by atoms with Gasteiger partial charge in [-0.1, -0.05) is 42.5 Å². The zero-order chi connectivity index (χ0) is 17.4. The highest BCUT2D eigenvalue weighted by Crippen LogP contribution is 2.50. The molecular weight excluding hydrogens is 315 g/mol. The van der Waals surface area contributed by atoms with Gasteiger partial charge < -0.3 is 10.6 Å². The van der Waals surface area contributed by atoms with Crippen molar-refractivity contribution in [2.45, 2.75) is 24.2 Å². The first kappa shape index (κ1) is 16.3. The van der Waals surface area contributed by atoms with E-state index in [9.17, 15) is 9.18 Å². The number of carbonyl (C=O) groups excluding carboxylic acids is 1. The summed E-state index contributed by atoms with van der Waals surface area (Å²) < 4.78 is 13.6. The van der Waals surface area contributed by atoms with Crippen molar-refractivity contribution in [2.24, 2.45) is 11.7 Å². The van der Waals surface area contributed by atoms with E-state index < -0.39 is 5.41 Å². The fourth-order valence-electron chi connectivity index (χ4n) is 4.19. The number of amides is 1. The summed E-state index contributed by atoms with van der Waals surface area (Å²) in [7, 11) is 0. The number of hydrogen-bond acceptors (Lipinski definition) is 2. The molecule has 1 saturated carbocycles. The minimum absolute atomic E-state index is 0.134.